The molecule has 1 saturated heterocycles. The molecule has 0 aromatic heterocycles. The predicted octanol–water partition coefficient (Wildman–Crippen LogP) is 1.17. The van der Waals surface area contributed by atoms with E-state index < -0.39 is 0 Å². The summed E-state index contributed by atoms with van der Waals surface area (Å²) in [6, 6.07) is 5.85. The van der Waals surface area contributed by atoms with Crippen LogP contribution in [0.1, 0.15) is 12.0 Å². The van der Waals surface area contributed by atoms with Crippen molar-refractivity contribution in [3.8, 4) is 5.75 Å². The third-order valence-corrected chi connectivity index (χ3v) is 3.31. The van der Waals surface area contributed by atoms with Crippen LogP contribution in [0.2, 0.25) is 0 Å². The van der Waals surface area contributed by atoms with Crippen molar-refractivity contribution in [3.63, 3.8) is 0 Å². The SMILES string of the molecule is O=C(CC1CNC1)Nc1ccc2c(c1)CCO2. The van der Waals surface area contributed by atoms with Gasteiger partial charge >= 0.3 is 0 Å². The third kappa shape index (κ3) is 2.26. The average Bonchev–Trinajstić information content (AvgIpc) is 2.71. The van der Waals surface area contributed by atoms with E-state index in [1.807, 2.05) is 18.2 Å². The maximum Gasteiger partial charge on any atom is 0.224 e. The lowest BCUT2D eigenvalue weighted by Gasteiger charge is -2.26. The van der Waals surface area contributed by atoms with Gasteiger partial charge in [0.15, 0.2) is 0 Å². The zero-order valence-corrected chi connectivity index (χ0v) is 9.66. The normalized spacial score (nSPS) is 18.1. The first-order chi connectivity index (χ1) is 8.31. The van der Waals surface area contributed by atoms with Crippen LogP contribution in [0.15, 0.2) is 18.2 Å². The Morgan fingerprint density at radius 3 is 3.12 bits per heavy atom. The number of amides is 1. The molecule has 4 heteroatoms. The van der Waals surface area contributed by atoms with Crippen molar-refractivity contribution in [1.29, 1.82) is 0 Å². The molecule has 90 valence electrons. The lowest BCUT2D eigenvalue weighted by atomic mass is 9.99. The summed E-state index contributed by atoms with van der Waals surface area (Å²) in [6.45, 7) is 2.68. The van der Waals surface area contributed by atoms with Crippen LogP contribution in [0, 0.1) is 5.92 Å². The summed E-state index contributed by atoms with van der Waals surface area (Å²) in [6.07, 6.45) is 1.55. The zero-order chi connectivity index (χ0) is 11.7. The number of hydrogen-bond acceptors (Lipinski definition) is 3. The van der Waals surface area contributed by atoms with Crippen molar-refractivity contribution in [2.45, 2.75) is 12.8 Å². The zero-order valence-electron chi connectivity index (χ0n) is 9.66. The highest BCUT2D eigenvalue weighted by Crippen LogP contribution is 2.28. The fourth-order valence-corrected chi connectivity index (χ4v) is 2.23. The Hall–Kier alpha value is -1.55. The number of carbonyl (C=O) groups is 1. The number of hydrogen-bond donors (Lipinski definition) is 2. The number of carbonyl (C=O) groups excluding carboxylic acids is 1. The van der Waals surface area contributed by atoms with Gasteiger partial charge in [-0.05, 0) is 42.8 Å². The summed E-state index contributed by atoms with van der Waals surface area (Å²) in [4.78, 5) is 11.7. The van der Waals surface area contributed by atoms with Crippen molar-refractivity contribution in [2.75, 3.05) is 25.0 Å². The molecular formula is C13H16N2O2. The van der Waals surface area contributed by atoms with Crippen LogP contribution < -0.4 is 15.4 Å². The fourth-order valence-electron chi connectivity index (χ4n) is 2.23. The van der Waals surface area contributed by atoms with Gasteiger partial charge in [0.1, 0.15) is 5.75 Å². The van der Waals surface area contributed by atoms with Crippen LogP contribution in [0.5, 0.6) is 5.75 Å². The van der Waals surface area contributed by atoms with Gasteiger partial charge in [-0.1, -0.05) is 0 Å². The van der Waals surface area contributed by atoms with E-state index in [0.717, 1.165) is 37.6 Å². The van der Waals surface area contributed by atoms with E-state index in [-0.39, 0.29) is 5.91 Å². The Morgan fingerprint density at radius 1 is 1.47 bits per heavy atom. The van der Waals surface area contributed by atoms with E-state index in [0.29, 0.717) is 12.3 Å². The van der Waals surface area contributed by atoms with E-state index in [1.165, 1.54) is 5.56 Å². The Morgan fingerprint density at radius 2 is 2.35 bits per heavy atom. The Labute approximate surface area is 100 Å². The molecule has 1 amide bonds. The minimum Gasteiger partial charge on any atom is -0.493 e. The molecule has 1 fully saturated rings. The highest BCUT2D eigenvalue weighted by molar-refractivity contribution is 5.91. The van der Waals surface area contributed by atoms with Gasteiger partial charge in [-0.3, -0.25) is 4.79 Å². The minimum atomic E-state index is 0.107. The van der Waals surface area contributed by atoms with Crippen molar-refractivity contribution in [3.05, 3.63) is 23.8 Å². The van der Waals surface area contributed by atoms with Crippen LogP contribution in [-0.2, 0) is 11.2 Å². The molecule has 2 heterocycles. The first kappa shape index (κ1) is 10.6. The lowest BCUT2D eigenvalue weighted by molar-refractivity contribution is -0.117. The van der Waals surface area contributed by atoms with Gasteiger partial charge in [0.2, 0.25) is 5.91 Å². The fraction of sp³-hybridized carbons (Fsp3) is 0.462. The second-order valence-electron chi connectivity index (χ2n) is 4.70. The molecule has 4 nitrogen and oxygen atoms in total. The molecule has 0 aliphatic carbocycles. The number of rotatable bonds is 3. The Bertz CT molecular complexity index is 441. The third-order valence-electron chi connectivity index (χ3n) is 3.31. The molecule has 0 unspecified atom stereocenters. The lowest BCUT2D eigenvalue weighted by Crippen LogP contribution is -2.43. The molecule has 0 radical (unpaired) electrons. The Balaban J connectivity index is 1.62. The summed E-state index contributed by atoms with van der Waals surface area (Å²) in [5, 5.41) is 6.12. The molecule has 0 atom stereocenters. The molecule has 1 aromatic carbocycles. The van der Waals surface area contributed by atoms with Crippen LogP contribution >= 0.6 is 0 Å². The van der Waals surface area contributed by atoms with E-state index in [2.05, 4.69) is 10.6 Å². The quantitative estimate of drug-likeness (QED) is 0.822. The van der Waals surface area contributed by atoms with E-state index in [9.17, 15) is 4.79 Å². The highest BCUT2D eigenvalue weighted by atomic mass is 16.5. The van der Waals surface area contributed by atoms with Gasteiger partial charge in [-0.15, -0.1) is 0 Å². The number of benzene rings is 1. The first-order valence-electron chi connectivity index (χ1n) is 6.07. The largest absolute Gasteiger partial charge is 0.493 e. The summed E-state index contributed by atoms with van der Waals surface area (Å²) in [5.74, 6) is 1.56. The van der Waals surface area contributed by atoms with Crippen LogP contribution in [0.3, 0.4) is 0 Å². The van der Waals surface area contributed by atoms with E-state index >= 15 is 0 Å². The standard InChI is InChI=1S/C13H16N2O2/c16-13(5-9-7-14-8-9)15-11-1-2-12-10(6-11)3-4-17-12/h1-2,6,9,14H,3-5,7-8H2,(H,15,16). The summed E-state index contributed by atoms with van der Waals surface area (Å²) in [5.41, 5.74) is 2.07. The van der Waals surface area contributed by atoms with Gasteiger partial charge in [0, 0.05) is 18.5 Å². The molecule has 17 heavy (non-hydrogen) atoms. The van der Waals surface area contributed by atoms with Gasteiger partial charge in [-0.25, -0.2) is 0 Å². The van der Waals surface area contributed by atoms with Crippen LogP contribution in [0.4, 0.5) is 5.69 Å². The summed E-state index contributed by atoms with van der Waals surface area (Å²) >= 11 is 0. The molecule has 1 aromatic rings. The topological polar surface area (TPSA) is 50.4 Å². The number of nitrogens with one attached hydrogen (secondary N) is 2. The molecule has 0 bridgehead atoms. The van der Waals surface area contributed by atoms with Crippen LogP contribution in [0.25, 0.3) is 0 Å². The second-order valence-corrected chi connectivity index (χ2v) is 4.70. The average molecular weight is 232 g/mol. The van der Waals surface area contributed by atoms with Crippen LogP contribution in [-0.4, -0.2) is 25.6 Å². The van der Waals surface area contributed by atoms with Gasteiger partial charge in [0.05, 0.1) is 6.61 Å². The number of anilines is 1. The van der Waals surface area contributed by atoms with E-state index in [1.54, 1.807) is 0 Å². The number of ether oxygens (including phenoxy) is 1. The van der Waals surface area contributed by atoms with Gasteiger partial charge < -0.3 is 15.4 Å². The minimum absolute atomic E-state index is 0.107. The molecule has 2 aliphatic rings. The second kappa shape index (κ2) is 4.37. The molecular weight excluding hydrogens is 216 g/mol. The predicted molar refractivity (Wildman–Crippen MR) is 65.2 cm³/mol. The highest BCUT2D eigenvalue weighted by Gasteiger charge is 2.20. The molecule has 0 saturated carbocycles. The van der Waals surface area contributed by atoms with E-state index in [4.69, 9.17) is 4.74 Å². The number of fused-ring (bicyclic) bond motifs is 1. The van der Waals surface area contributed by atoms with Gasteiger partial charge in [0.25, 0.3) is 0 Å². The monoisotopic (exact) mass is 232 g/mol. The molecule has 3 rings (SSSR count). The van der Waals surface area contributed by atoms with Crippen molar-refractivity contribution >= 4 is 11.6 Å². The maximum atomic E-state index is 11.7. The first-order valence-corrected chi connectivity index (χ1v) is 6.07. The Kier molecular flexibility index (Phi) is 2.73. The molecule has 2 aliphatic heterocycles. The summed E-state index contributed by atoms with van der Waals surface area (Å²) < 4.78 is 5.43. The smallest absolute Gasteiger partial charge is 0.224 e. The van der Waals surface area contributed by atoms with Gasteiger partial charge in [-0.2, -0.15) is 0 Å². The maximum absolute atomic E-state index is 11.7. The van der Waals surface area contributed by atoms with Crippen molar-refractivity contribution in [2.24, 2.45) is 5.92 Å². The van der Waals surface area contributed by atoms with Crippen molar-refractivity contribution in [1.82, 2.24) is 5.32 Å². The van der Waals surface area contributed by atoms with Crippen molar-refractivity contribution < 1.29 is 9.53 Å². The molecule has 2 N–H and O–H groups in total. The summed E-state index contributed by atoms with van der Waals surface area (Å²) in [7, 11) is 0. The molecule has 0 spiro atoms.